The number of carbonyl (C=O) groups is 1. The first-order valence-electron chi connectivity index (χ1n) is 6.48. The van der Waals surface area contributed by atoms with E-state index in [-0.39, 0.29) is 11.6 Å². The highest BCUT2D eigenvalue weighted by atomic mass is 16.6. The molecule has 1 saturated heterocycles. The van der Waals surface area contributed by atoms with Gasteiger partial charge in [-0.25, -0.2) is 0 Å². The molecule has 4 heteroatoms. The Kier molecular flexibility index (Phi) is 5.40. The van der Waals surface area contributed by atoms with Gasteiger partial charge >= 0.3 is 5.97 Å². The summed E-state index contributed by atoms with van der Waals surface area (Å²) in [5.74, 6) is 0.581. The summed E-state index contributed by atoms with van der Waals surface area (Å²) < 4.78 is 5.30. The van der Waals surface area contributed by atoms with Crippen molar-refractivity contribution in [3.63, 3.8) is 0 Å². The number of nitrogens with zero attached hydrogens (tertiary/aromatic N) is 1. The first-order chi connectivity index (χ1) is 7.87. The van der Waals surface area contributed by atoms with Crippen LogP contribution in [0.4, 0.5) is 0 Å². The summed E-state index contributed by atoms with van der Waals surface area (Å²) in [5, 5.41) is 3.35. The largest absolute Gasteiger partial charge is 0.459 e. The Morgan fingerprint density at radius 3 is 2.47 bits per heavy atom. The second-order valence-electron chi connectivity index (χ2n) is 5.98. The molecule has 1 rings (SSSR count). The summed E-state index contributed by atoms with van der Waals surface area (Å²) >= 11 is 0. The van der Waals surface area contributed by atoms with E-state index in [4.69, 9.17) is 4.74 Å². The minimum atomic E-state index is -0.382. The fourth-order valence-electron chi connectivity index (χ4n) is 2.16. The molecule has 0 saturated carbocycles. The molecular weight excluding hydrogens is 216 g/mol. The lowest BCUT2D eigenvalue weighted by atomic mass is 9.98. The Labute approximate surface area is 105 Å². The first-order valence-corrected chi connectivity index (χ1v) is 6.48. The van der Waals surface area contributed by atoms with Gasteiger partial charge in [0.25, 0.3) is 0 Å². The van der Waals surface area contributed by atoms with Gasteiger partial charge in [0.05, 0.1) is 6.54 Å². The van der Waals surface area contributed by atoms with Gasteiger partial charge in [0.15, 0.2) is 0 Å². The summed E-state index contributed by atoms with van der Waals surface area (Å²) in [4.78, 5) is 13.7. The zero-order valence-electron chi connectivity index (χ0n) is 11.6. The summed E-state index contributed by atoms with van der Waals surface area (Å²) in [6, 6.07) is 0. The van der Waals surface area contributed by atoms with Crippen LogP contribution in [0.3, 0.4) is 0 Å². The number of carbonyl (C=O) groups excluding carboxylic acids is 1. The van der Waals surface area contributed by atoms with Crippen LogP contribution in [0.2, 0.25) is 0 Å². The second-order valence-corrected chi connectivity index (χ2v) is 5.98. The monoisotopic (exact) mass is 242 g/mol. The molecule has 0 amide bonds. The molecular formula is C13H26N2O2. The standard InChI is InChI=1S/C13H26N2O2/c1-13(2,3)17-12(16)10-15(4)9-11-5-7-14-8-6-11/h11,14H,5-10H2,1-4H3. The predicted octanol–water partition coefficient (Wildman–Crippen LogP) is 1.26. The Balaban J connectivity index is 2.23. The molecule has 1 aliphatic heterocycles. The van der Waals surface area contributed by atoms with Crippen LogP contribution in [0.1, 0.15) is 33.6 Å². The van der Waals surface area contributed by atoms with Crippen molar-refractivity contribution >= 4 is 5.97 Å². The topological polar surface area (TPSA) is 41.6 Å². The fraction of sp³-hybridized carbons (Fsp3) is 0.923. The zero-order valence-corrected chi connectivity index (χ0v) is 11.6. The van der Waals surface area contributed by atoms with E-state index in [9.17, 15) is 4.79 Å². The van der Waals surface area contributed by atoms with Crippen LogP contribution in [0.5, 0.6) is 0 Å². The maximum absolute atomic E-state index is 11.6. The molecule has 1 aliphatic rings. The lowest BCUT2D eigenvalue weighted by molar-refractivity contribution is -0.155. The summed E-state index contributed by atoms with van der Waals surface area (Å²) in [7, 11) is 1.99. The smallest absolute Gasteiger partial charge is 0.320 e. The highest BCUT2D eigenvalue weighted by molar-refractivity contribution is 5.72. The maximum atomic E-state index is 11.6. The van der Waals surface area contributed by atoms with Gasteiger partial charge in [-0.05, 0) is 59.7 Å². The molecule has 4 nitrogen and oxygen atoms in total. The molecule has 0 bridgehead atoms. The summed E-state index contributed by atoms with van der Waals surface area (Å²) in [6.45, 7) is 9.28. The Morgan fingerprint density at radius 1 is 1.35 bits per heavy atom. The molecule has 0 unspecified atom stereocenters. The number of hydrogen-bond acceptors (Lipinski definition) is 4. The van der Waals surface area contributed by atoms with Crippen LogP contribution < -0.4 is 5.32 Å². The van der Waals surface area contributed by atoms with Gasteiger partial charge in [-0.1, -0.05) is 0 Å². The van der Waals surface area contributed by atoms with Crippen molar-refractivity contribution in [2.24, 2.45) is 5.92 Å². The normalized spacial score (nSPS) is 18.4. The Bertz CT molecular complexity index is 242. The number of piperidine rings is 1. The molecule has 0 spiro atoms. The lowest BCUT2D eigenvalue weighted by Crippen LogP contribution is -2.38. The number of nitrogens with one attached hydrogen (secondary N) is 1. The molecule has 1 heterocycles. The van der Waals surface area contributed by atoms with Crippen molar-refractivity contribution < 1.29 is 9.53 Å². The minimum absolute atomic E-state index is 0.131. The van der Waals surface area contributed by atoms with Crippen LogP contribution >= 0.6 is 0 Å². The molecule has 0 aliphatic carbocycles. The van der Waals surface area contributed by atoms with Crippen LogP contribution in [-0.4, -0.2) is 49.7 Å². The van der Waals surface area contributed by atoms with E-state index in [1.807, 2.05) is 27.8 Å². The average molecular weight is 242 g/mol. The molecule has 1 fully saturated rings. The van der Waals surface area contributed by atoms with Gasteiger partial charge in [0.2, 0.25) is 0 Å². The Hall–Kier alpha value is -0.610. The van der Waals surface area contributed by atoms with Crippen LogP contribution in [0.15, 0.2) is 0 Å². The highest BCUT2D eigenvalue weighted by Crippen LogP contribution is 2.13. The third kappa shape index (κ3) is 6.64. The summed E-state index contributed by atoms with van der Waals surface area (Å²) in [6.07, 6.45) is 2.41. The predicted molar refractivity (Wildman–Crippen MR) is 68.9 cm³/mol. The van der Waals surface area contributed by atoms with E-state index in [1.165, 1.54) is 12.8 Å². The number of esters is 1. The lowest BCUT2D eigenvalue weighted by Gasteiger charge is -2.28. The van der Waals surface area contributed by atoms with Gasteiger partial charge < -0.3 is 10.1 Å². The van der Waals surface area contributed by atoms with Gasteiger partial charge in [0.1, 0.15) is 5.60 Å². The molecule has 100 valence electrons. The number of hydrogen-bond donors (Lipinski definition) is 1. The van der Waals surface area contributed by atoms with E-state index in [2.05, 4.69) is 10.2 Å². The van der Waals surface area contributed by atoms with Gasteiger partial charge in [-0.2, -0.15) is 0 Å². The van der Waals surface area contributed by atoms with Crippen molar-refractivity contribution in [2.45, 2.75) is 39.2 Å². The highest BCUT2D eigenvalue weighted by Gasteiger charge is 2.20. The molecule has 0 aromatic carbocycles. The van der Waals surface area contributed by atoms with Gasteiger partial charge in [-0.3, -0.25) is 9.69 Å². The van der Waals surface area contributed by atoms with Gasteiger partial charge in [-0.15, -0.1) is 0 Å². The van der Waals surface area contributed by atoms with Crippen molar-refractivity contribution in [2.75, 3.05) is 33.2 Å². The number of rotatable bonds is 4. The van der Waals surface area contributed by atoms with Crippen LogP contribution in [0, 0.1) is 5.92 Å². The van der Waals surface area contributed by atoms with Gasteiger partial charge in [0, 0.05) is 6.54 Å². The molecule has 0 aromatic rings. The number of likely N-dealkylation sites (N-methyl/N-ethyl adjacent to an activating group) is 1. The van der Waals surface area contributed by atoms with Crippen molar-refractivity contribution in [3.05, 3.63) is 0 Å². The molecule has 17 heavy (non-hydrogen) atoms. The minimum Gasteiger partial charge on any atom is -0.459 e. The Morgan fingerprint density at radius 2 is 1.94 bits per heavy atom. The van der Waals surface area contributed by atoms with Crippen LogP contribution in [-0.2, 0) is 9.53 Å². The van der Waals surface area contributed by atoms with E-state index in [0.717, 1.165) is 19.6 Å². The summed E-state index contributed by atoms with van der Waals surface area (Å²) in [5.41, 5.74) is -0.382. The first kappa shape index (κ1) is 14.5. The van der Waals surface area contributed by atoms with E-state index >= 15 is 0 Å². The second kappa shape index (κ2) is 6.36. The molecule has 0 aromatic heterocycles. The van der Waals surface area contributed by atoms with E-state index in [1.54, 1.807) is 0 Å². The van der Waals surface area contributed by atoms with E-state index < -0.39 is 0 Å². The zero-order chi connectivity index (χ0) is 12.9. The van der Waals surface area contributed by atoms with Crippen molar-refractivity contribution in [1.29, 1.82) is 0 Å². The van der Waals surface area contributed by atoms with Crippen molar-refractivity contribution in [1.82, 2.24) is 10.2 Å². The number of ether oxygens (including phenoxy) is 1. The average Bonchev–Trinajstić information content (AvgIpc) is 2.15. The van der Waals surface area contributed by atoms with E-state index in [0.29, 0.717) is 12.5 Å². The third-order valence-corrected chi connectivity index (χ3v) is 2.85. The molecule has 0 radical (unpaired) electrons. The van der Waals surface area contributed by atoms with Crippen molar-refractivity contribution in [3.8, 4) is 0 Å². The SMILES string of the molecule is CN(CC(=O)OC(C)(C)C)CC1CCNCC1. The molecule has 0 atom stereocenters. The van der Waals surface area contributed by atoms with Crippen LogP contribution in [0.25, 0.3) is 0 Å². The fourth-order valence-corrected chi connectivity index (χ4v) is 2.16. The quantitative estimate of drug-likeness (QED) is 0.754. The molecule has 1 N–H and O–H groups in total. The maximum Gasteiger partial charge on any atom is 0.320 e. The third-order valence-electron chi connectivity index (χ3n) is 2.85.